The summed E-state index contributed by atoms with van der Waals surface area (Å²) >= 11 is 5.68. The topological polar surface area (TPSA) is 37.8 Å². The molecule has 0 radical (unpaired) electrons. The quantitative estimate of drug-likeness (QED) is 0.876. The van der Waals surface area contributed by atoms with E-state index in [1.54, 1.807) is 12.1 Å². The predicted molar refractivity (Wildman–Crippen MR) is 75.4 cm³/mol. The normalized spacial score (nSPS) is 10.3. The summed E-state index contributed by atoms with van der Waals surface area (Å²) in [5, 5.41) is 11.3. The van der Waals surface area contributed by atoms with Gasteiger partial charge in [0.1, 0.15) is 0 Å². The second kappa shape index (κ2) is 6.36. The van der Waals surface area contributed by atoms with Crippen LogP contribution in [0.1, 0.15) is 25.3 Å². The largest absolute Gasteiger partial charge is 0.339 e. The average Bonchev–Trinajstić information content (AvgIpc) is 2.41. The highest BCUT2D eigenvalue weighted by molar-refractivity contribution is 6.29. The zero-order valence-electron chi connectivity index (χ0n) is 10.4. The summed E-state index contributed by atoms with van der Waals surface area (Å²) in [6, 6.07) is 11.9. The molecule has 1 aromatic heterocycles. The maximum atomic E-state index is 5.68. The van der Waals surface area contributed by atoms with Crippen molar-refractivity contribution >= 4 is 23.1 Å². The molecule has 18 heavy (non-hydrogen) atoms. The number of benzene rings is 1. The van der Waals surface area contributed by atoms with Crippen LogP contribution in [0, 0.1) is 0 Å². The molecule has 0 aliphatic carbocycles. The first-order valence-corrected chi connectivity index (χ1v) is 6.51. The molecule has 0 unspecified atom stereocenters. The lowest BCUT2D eigenvalue weighted by Gasteiger charge is -2.06. The van der Waals surface area contributed by atoms with Gasteiger partial charge in [0, 0.05) is 5.69 Å². The van der Waals surface area contributed by atoms with Crippen molar-refractivity contribution in [3.8, 4) is 0 Å². The van der Waals surface area contributed by atoms with Gasteiger partial charge in [0.05, 0.1) is 0 Å². The second-order valence-electron chi connectivity index (χ2n) is 4.17. The minimum absolute atomic E-state index is 0.399. The monoisotopic (exact) mass is 261 g/mol. The van der Waals surface area contributed by atoms with Gasteiger partial charge < -0.3 is 5.32 Å². The summed E-state index contributed by atoms with van der Waals surface area (Å²) in [5.41, 5.74) is 2.37. The van der Waals surface area contributed by atoms with Crippen molar-refractivity contribution < 1.29 is 0 Å². The number of anilines is 2. The molecule has 0 saturated heterocycles. The zero-order valence-corrected chi connectivity index (χ0v) is 11.1. The van der Waals surface area contributed by atoms with Gasteiger partial charge in [0.15, 0.2) is 11.0 Å². The Kier molecular flexibility index (Phi) is 4.53. The molecule has 0 aliphatic heterocycles. The standard InChI is InChI=1S/C14H16ClN3/c1-2-3-4-11-5-7-12(8-6-11)16-14-10-9-13(15)17-18-14/h5-10H,2-4H2,1H3,(H,16,18). The first-order valence-electron chi connectivity index (χ1n) is 6.13. The van der Waals surface area contributed by atoms with E-state index in [4.69, 9.17) is 11.6 Å². The smallest absolute Gasteiger partial charge is 0.153 e. The van der Waals surface area contributed by atoms with Crippen molar-refractivity contribution in [1.82, 2.24) is 10.2 Å². The molecule has 1 heterocycles. The number of aromatic nitrogens is 2. The van der Waals surface area contributed by atoms with Crippen molar-refractivity contribution in [2.24, 2.45) is 0 Å². The number of hydrogen-bond acceptors (Lipinski definition) is 3. The van der Waals surface area contributed by atoms with Crippen LogP contribution in [0.25, 0.3) is 0 Å². The first-order chi connectivity index (χ1) is 8.78. The third kappa shape index (κ3) is 3.70. The van der Waals surface area contributed by atoms with Gasteiger partial charge >= 0.3 is 0 Å². The van der Waals surface area contributed by atoms with Gasteiger partial charge in [-0.1, -0.05) is 37.1 Å². The highest BCUT2D eigenvalue weighted by Crippen LogP contribution is 2.16. The van der Waals surface area contributed by atoms with Crippen LogP contribution < -0.4 is 5.32 Å². The van der Waals surface area contributed by atoms with E-state index < -0.39 is 0 Å². The van der Waals surface area contributed by atoms with Gasteiger partial charge in [-0.2, -0.15) is 0 Å². The van der Waals surface area contributed by atoms with E-state index in [9.17, 15) is 0 Å². The lowest BCUT2D eigenvalue weighted by atomic mass is 10.1. The summed E-state index contributed by atoms with van der Waals surface area (Å²) in [7, 11) is 0. The van der Waals surface area contributed by atoms with E-state index in [0.717, 1.165) is 12.1 Å². The third-order valence-electron chi connectivity index (χ3n) is 2.68. The molecule has 0 bridgehead atoms. The Balaban J connectivity index is 1.99. The zero-order chi connectivity index (χ0) is 12.8. The summed E-state index contributed by atoms with van der Waals surface area (Å²) in [4.78, 5) is 0. The summed E-state index contributed by atoms with van der Waals surface area (Å²) < 4.78 is 0. The van der Waals surface area contributed by atoms with Gasteiger partial charge in [-0.15, -0.1) is 10.2 Å². The van der Waals surface area contributed by atoms with Crippen molar-refractivity contribution in [1.29, 1.82) is 0 Å². The van der Waals surface area contributed by atoms with Crippen LogP contribution in [0.4, 0.5) is 11.5 Å². The van der Waals surface area contributed by atoms with Crippen LogP contribution in [0.3, 0.4) is 0 Å². The predicted octanol–water partition coefficient (Wildman–Crippen LogP) is 4.22. The number of rotatable bonds is 5. The highest BCUT2D eigenvalue weighted by atomic mass is 35.5. The molecular formula is C14H16ClN3. The summed E-state index contributed by atoms with van der Waals surface area (Å²) in [6.45, 7) is 2.20. The van der Waals surface area contributed by atoms with E-state index in [-0.39, 0.29) is 0 Å². The minimum atomic E-state index is 0.399. The van der Waals surface area contributed by atoms with Gasteiger partial charge in [-0.25, -0.2) is 0 Å². The molecule has 2 rings (SSSR count). The fourth-order valence-electron chi connectivity index (χ4n) is 1.67. The molecule has 0 saturated carbocycles. The lowest BCUT2D eigenvalue weighted by molar-refractivity contribution is 0.795. The van der Waals surface area contributed by atoms with Crippen molar-refractivity contribution in [3.05, 3.63) is 47.1 Å². The number of aryl methyl sites for hydroxylation is 1. The Morgan fingerprint density at radius 3 is 2.44 bits per heavy atom. The Hall–Kier alpha value is -1.61. The fourth-order valence-corrected chi connectivity index (χ4v) is 1.77. The fraction of sp³-hybridized carbons (Fsp3) is 0.286. The molecule has 2 aromatic rings. The van der Waals surface area contributed by atoms with Gasteiger partial charge in [-0.05, 0) is 42.7 Å². The average molecular weight is 262 g/mol. The van der Waals surface area contributed by atoms with E-state index in [2.05, 4.69) is 46.7 Å². The maximum Gasteiger partial charge on any atom is 0.153 e. The lowest BCUT2D eigenvalue weighted by Crippen LogP contribution is -1.95. The Morgan fingerprint density at radius 1 is 1.06 bits per heavy atom. The molecule has 0 amide bonds. The summed E-state index contributed by atoms with van der Waals surface area (Å²) in [5.74, 6) is 0.695. The molecule has 0 fully saturated rings. The van der Waals surface area contributed by atoms with Crippen molar-refractivity contribution in [3.63, 3.8) is 0 Å². The molecule has 1 aromatic carbocycles. The van der Waals surface area contributed by atoms with E-state index in [1.807, 2.05) is 0 Å². The first kappa shape index (κ1) is 12.8. The van der Waals surface area contributed by atoms with Crippen molar-refractivity contribution in [2.75, 3.05) is 5.32 Å². The van der Waals surface area contributed by atoms with Gasteiger partial charge in [0.25, 0.3) is 0 Å². The van der Waals surface area contributed by atoms with Crippen LogP contribution in [0.2, 0.25) is 5.15 Å². The molecule has 1 N–H and O–H groups in total. The van der Waals surface area contributed by atoms with Crippen LogP contribution in [0.5, 0.6) is 0 Å². The second-order valence-corrected chi connectivity index (χ2v) is 4.55. The molecule has 3 nitrogen and oxygen atoms in total. The number of nitrogens with zero attached hydrogens (tertiary/aromatic N) is 2. The van der Waals surface area contributed by atoms with Crippen LogP contribution in [0.15, 0.2) is 36.4 Å². The minimum Gasteiger partial charge on any atom is -0.339 e. The van der Waals surface area contributed by atoms with E-state index in [1.165, 1.54) is 18.4 Å². The molecule has 94 valence electrons. The Labute approximate surface area is 112 Å². The summed E-state index contributed by atoms with van der Waals surface area (Å²) in [6.07, 6.45) is 3.59. The van der Waals surface area contributed by atoms with Crippen LogP contribution in [-0.4, -0.2) is 10.2 Å². The number of nitrogens with one attached hydrogen (secondary N) is 1. The van der Waals surface area contributed by atoms with Gasteiger partial charge in [0.2, 0.25) is 0 Å². The number of unbranched alkanes of at least 4 members (excludes halogenated alkanes) is 1. The molecule has 0 atom stereocenters. The van der Waals surface area contributed by atoms with E-state index in [0.29, 0.717) is 11.0 Å². The van der Waals surface area contributed by atoms with Crippen LogP contribution >= 0.6 is 11.6 Å². The SMILES string of the molecule is CCCCc1ccc(Nc2ccc(Cl)nn2)cc1. The molecule has 0 aliphatic rings. The molecule has 4 heteroatoms. The molecular weight excluding hydrogens is 246 g/mol. The highest BCUT2D eigenvalue weighted by Gasteiger charge is 1.98. The van der Waals surface area contributed by atoms with Crippen molar-refractivity contribution in [2.45, 2.75) is 26.2 Å². The van der Waals surface area contributed by atoms with Gasteiger partial charge in [-0.3, -0.25) is 0 Å². The Morgan fingerprint density at radius 2 is 1.83 bits per heavy atom. The van der Waals surface area contributed by atoms with Crippen LogP contribution in [-0.2, 0) is 6.42 Å². The third-order valence-corrected chi connectivity index (χ3v) is 2.88. The molecule has 0 spiro atoms. The Bertz CT molecular complexity index is 479. The maximum absolute atomic E-state index is 5.68. The number of halogens is 1. The number of hydrogen-bond donors (Lipinski definition) is 1. The van der Waals surface area contributed by atoms with E-state index >= 15 is 0 Å².